The van der Waals surface area contributed by atoms with Gasteiger partial charge in [-0.25, -0.2) is 0 Å². The number of rotatable bonds is 3. The van der Waals surface area contributed by atoms with Gasteiger partial charge in [-0.1, -0.05) is 12.1 Å². The molecular formula is C12H17ClN2O2. The Morgan fingerprint density at radius 2 is 2.06 bits per heavy atom. The van der Waals surface area contributed by atoms with Crippen molar-refractivity contribution in [2.24, 2.45) is 0 Å². The number of carbonyl (C=O) groups excluding carboxylic acids is 1. The molecule has 1 aliphatic heterocycles. The van der Waals surface area contributed by atoms with E-state index in [1.54, 1.807) is 24.1 Å². The third kappa shape index (κ3) is 2.70. The number of benzene rings is 1. The summed E-state index contributed by atoms with van der Waals surface area (Å²) in [5.41, 5.74) is 0.624. The number of hydrogen-bond donors (Lipinski definition) is 1. The Morgan fingerprint density at radius 3 is 2.59 bits per heavy atom. The molecule has 5 heteroatoms. The topological polar surface area (TPSA) is 41.6 Å². The molecule has 0 unspecified atom stereocenters. The quantitative estimate of drug-likeness (QED) is 0.883. The molecule has 0 bridgehead atoms. The van der Waals surface area contributed by atoms with Gasteiger partial charge in [-0.05, 0) is 12.1 Å². The van der Waals surface area contributed by atoms with Gasteiger partial charge in [-0.2, -0.15) is 0 Å². The minimum atomic E-state index is 0. The normalized spacial score (nSPS) is 14.5. The zero-order chi connectivity index (χ0) is 11.5. The van der Waals surface area contributed by atoms with Crippen molar-refractivity contribution in [2.75, 3.05) is 27.2 Å². The first kappa shape index (κ1) is 13.8. The van der Waals surface area contributed by atoms with Gasteiger partial charge < -0.3 is 15.0 Å². The number of likely N-dealkylation sites (N-methyl/N-ethyl adjacent to an activating group) is 1. The number of nitrogens with one attached hydrogen (secondary N) is 1. The Labute approximate surface area is 107 Å². The van der Waals surface area contributed by atoms with Crippen LogP contribution in [-0.4, -0.2) is 44.1 Å². The molecule has 1 fully saturated rings. The van der Waals surface area contributed by atoms with Crippen molar-refractivity contribution in [3.05, 3.63) is 29.8 Å². The van der Waals surface area contributed by atoms with Crippen LogP contribution in [0.2, 0.25) is 0 Å². The van der Waals surface area contributed by atoms with Crippen LogP contribution in [0, 0.1) is 0 Å². The maximum absolute atomic E-state index is 12.2. The molecule has 1 amide bonds. The number of hydrogen-bond acceptors (Lipinski definition) is 3. The Balaban J connectivity index is 0.00000144. The summed E-state index contributed by atoms with van der Waals surface area (Å²) in [7, 11) is 3.41. The van der Waals surface area contributed by atoms with E-state index in [0.29, 0.717) is 17.4 Å². The smallest absolute Gasteiger partial charge is 0.257 e. The van der Waals surface area contributed by atoms with Crippen LogP contribution in [0.5, 0.6) is 5.75 Å². The van der Waals surface area contributed by atoms with Crippen molar-refractivity contribution >= 4 is 18.3 Å². The van der Waals surface area contributed by atoms with Gasteiger partial charge in [0, 0.05) is 20.1 Å². The third-order valence-electron chi connectivity index (χ3n) is 2.97. The number of nitrogens with zero attached hydrogens (tertiary/aromatic N) is 1. The summed E-state index contributed by atoms with van der Waals surface area (Å²) in [4.78, 5) is 13.9. The molecule has 1 saturated heterocycles. The molecule has 1 N–H and O–H groups in total. The zero-order valence-electron chi connectivity index (χ0n) is 9.97. The maximum Gasteiger partial charge on any atom is 0.257 e. The van der Waals surface area contributed by atoms with Gasteiger partial charge in [0.15, 0.2) is 0 Å². The van der Waals surface area contributed by atoms with Gasteiger partial charge >= 0.3 is 0 Å². The molecule has 1 heterocycles. The van der Waals surface area contributed by atoms with E-state index >= 15 is 0 Å². The van der Waals surface area contributed by atoms with Crippen molar-refractivity contribution in [3.8, 4) is 5.75 Å². The average molecular weight is 257 g/mol. The maximum atomic E-state index is 12.2. The Hall–Kier alpha value is -1.26. The lowest BCUT2D eigenvalue weighted by atomic mass is 10.1. The molecule has 0 aliphatic carbocycles. The number of halogens is 1. The molecule has 1 aliphatic rings. The highest BCUT2D eigenvalue weighted by Crippen LogP contribution is 2.20. The van der Waals surface area contributed by atoms with Crippen molar-refractivity contribution in [1.29, 1.82) is 0 Å². The molecule has 17 heavy (non-hydrogen) atoms. The van der Waals surface area contributed by atoms with Gasteiger partial charge in [0.25, 0.3) is 5.91 Å². The van der Waals surface area contributed by atoms with Crippen LogP contribution in [0.15, 0.2) is 24.3 Å². The van der Waals surface area contributed by atoms with Gasteiger partial charge in [0.05, 0.1) is 18.7 Å². The molecular weight excluding hydrogens is 240 g/mol. The fourth-order valence-corrected chi connectivity index (χ4v) is 1.72. The number of amides is 1. The zero-order valence-corrected chi connectivity index (χ0v) is 10.8. The van der Waals surface area contributed by atoms with E-state index < -0.39 is 0 Å². The van der Waals surface area contributed by atoms with Crippen LogP contribution in [-0.2, 0) is 0 Å². The summed E-state index contributed by atoms with van der Waals surface area (Å²) in [5, 5.41) is 3.15. The SMILES string of the molecule is COc1ccccc1C(=O)N(C)C1CNC1.Cl. The number of carbonyl (C=O) groups is 1. The van der Waals surface area contributed by atoms with E-state index in [1.807, 2.05) is 19.2 Å². The summed E-state index contributed by atoms with van der Waals surface area (Å²) in [6.07, 6.45) is 0. The van der Waals surface area contributed by atoms with Crippen LogP contribution in [0.25, 0.3) is 0 Å². The van der Waals surface area contributed by atoms with E-state index in [2.05, 4.69) is 5.32 Å². The third-order valence-corrected chi connectivity index (χ3v) is 2.97. The predicted molar refractivity (Wildman–Crippen MR) is 69.0 cm³/mol. The van der Waals surface area contributed by atoms with Crippen molar-refractivity contribution in [1.82, 2.24) is 10.2 Å². The summed E-state index contributed by atoms with van der Waals surface area (Å²) < 4.78 is 5.18. The molecule has 2 rings (SSSR count). The highest BCUT2D eigenvalue weighted by Gasteiger charge is 2.27. The highest BCUT2D eigenvalue weighted by atomic mass is 35.5. The Kier molecular flexibility index (Phi) is 4.78. The minimum Gasteiger partial charge on any atom is -0.496 e. The first-order chi connectivity index (χ1) is 7.74. The van der Waals surface area contributed by atoms with E-state index in [0.717, 1.165) is 13.1 Å². The lowest BCUT2D eigenvalue weighted by molar-refractivity contribution is 0.0678. The second-order valence-corrected chi connectivity index (χ2v) is 3.93. The largest absolute Gasteiger partial charge is 0.496 e. The van der Waals surface area contributed by atoms with Crippen molar-refractivity contribution in [3.63, 3.8) is 0 Å². The van der Waals surface area contributed by atoms with Crippen molar-refractivity contribution < 1.29 is 9.53 Å². The van der Waals surface area contributed by atoms with Crippen LogP contribution in [0.3, 0.4) is 0 Å². The fourth-order valence-electron chi connectivity index (χ4n) is 1.72. The Morgan fingerprint density at radius 1 is 1.41 bits per heavy atom. The summed E-state index contributed by atoms with van der Waals surface area (Å²) in [5.74, 6) is 0.649. The first-order valence-electron chi connectivity index (χ1n) is 5.35. The van der Waals surface area contributed by atoms with E-state index in [-0.39, 0.29) is 18.3 Å². The van der Waals surface area contributed by atoms with Crippen LogP contribution < -0.4 is 10.1 Å². The second-order valence-electron chi connectivity index (χ2n) is 3.93. The van der Waals surface area contributed by atoms with E-state index in [4.69, 9.17) is 4.74 Å². The monoisotopic (exact) mass is 256 g/mol. The van der Waals surface area contributed by atoms with Crippen molar-refractivity contribution in [2.45, 2.75) is 6.04 Å². The molecule has 1 aromatic rings. The molecule has 0 spiro atoms. The molecule has 0 radical (unpaired) electrons. The number of para-hydroxylation sites is 1. The summed E-state index contributed by atoms with van der Waals surface area (Å²) >= 11 is 0. The highest BCUT2D eigenvalue weighted by molar-refractivity contribution is 5.97. The minimum absolute atomic E-state index is 0. The average Bonchev–Trinajstić information content (AvgIpc) is 2.25. The molecule has 4 nitrogen and oxygen atoms in total. The second kappa shape index (κ2) is 5.89. The Bertz CT molecular complexity index is 394. The van der Waals surface area contributed by atoms with Gasteiger partial charge in [-0.15, -0.1) is 12.4 Å². The lowest BCUT2D eigenvalue weighted by Gasteiger charge is -2.35. The van der Waals surface area contributed by atoms with Gasteiger partial charge in [-0.3, -0.25) is 4.79 Å². The molecule has 0 atom stereocenters. The van der Waals surface area contributed by atoms with E-state index in [9.17, 15) is 4.79 Å². The van der Waals surface area contributed by atoms with Crippen LogP contribution >= 0.6 is 12.4 Å². The predicted octanol–water partition coefficient (Wildman–Crippen LogP) is 1.16. The molecule has 0 aromatic heterocycles. The lowest BCUT2D eigenvalue weighted by Crippen LogP contribution is -2.57. The van der Waals surface area contributed by atoms with Crippen LogP contribution in [0.4, 0.5) is 0 Å². The number of ether oxygens (including phenoxy) is 1. The molecule has 1 aromatic carbocycles. The van der Waals surface area contributed by atoms with Gasteiger partial charge in [0.2, 0.25) is 0 Å². The first-order valence-corrected chi connectivity index (χ1v) is 5.35. The van der Waals surface area contributed by atoms with Gasteiger partial charge in [0.1, 0.15) is 5.75 Å². The fraction of sp³-hybridized carbons (Fsp3) is 0.417. The standard InChI is InChI=1S/C12H16N2O2.ClH/c1-14(9-7-13-8-9)12(15)10-5-3-4-6-11(10)16-2;/h3-6,9,13H,7-8H2,1-2H3;1H. The summed E-state index contributed by atoms with van der Waals surface area (Å²) in [6.45, 7) is 1.74. The summed E-state index contributed by atoms with van der Waals surface area (Å²) in [6, 6.07) is 7.62. The molecule has 94 valence electrons. The number of methoxy groups -OCH3 is 1. The van der Waals surface area contributed by atoms with E-state index in [1.165, 1.54) is 0 Å². The molecule has 0 saturated carbocycles. The van der Waals surface area contributed by atoms with Crippen LogP contribution in [0.1, 0.15) is 10.4 Å².